The Morgan fingerprint density at radius 2 is 2.04 bits per heavy atom. The van der Waals surface area contributed by atoms with E-state index in [1.165, 1.54) is 6.08 Å². The van der Waals surface area contributed by atoms with E-state index in [-0.39, 0.29) is 29.0 Å². The molecule has 126 valence electrons. The zero-order chi connectivity index (χ0) is 17.5. The third-order valence-electron chi connectivity index (χ3n) is 4.14. The summed E-state index contributed by atoms with van der Waals surface area (Å²) in [5.41, 5.74) is -0.530. The summed E-state index contributed by atoms with van der Waals surface area (Å²) in [6, 6.07) is 0. The molecule has 7 nitrogen and oxygen atoms in total. The van der Waals surface area contributed by atoms with Gasteiger partial charge in [-0.2, -0.15) is 0 Å². The standard InChI is InChI=1S/C16H21NO6/c1-8(14(18)19)5-10-11-6-9(15(20)23-16(2,3)4)7-12(13(10)11)17(21)22/h6-8,10-11,13H,5H2,1-4H3,(H,18,19)/t8?,10?,11?,13-/m1/s1. The van der Waals surface area contributed by atoms with E-state index in [1.807, 2.05) is 0 Å². The van der Waals surface area contributed by atoms with Gasteiger partial charge in [0.25, 0.3) is 5.70 Å². The summed E-state index contributed by atoms with van der Waals surface area (Å²) in [6.07, 6.45) is 3.31. The second-order valence-corrected chi connectivity index (χ2v) is 7.19. The second kappa shape index (κ2) is 5.79. The van der Waals surface area contributed by atoms with E-state index in [2.05, 4.69) is 0 Å². The zero-order valence-electron chi connectivity index (χ0n) is 13.6. The highest BCUT2D eigenvalue weighted by atomic mass is 16.6. The summed E-state index contributed by atoms with van der Waals surface area (Å²) >= 11 is 0. The first-order valence-corrected chi connectivity index (χ1v) is 7.55. The number of nitro groups is 1. The van der Waals surface area contributed by atoms with Crippen molar-refractivity contribution in [3.63, 3.8) is 0 Å². The van der Waals surface area contributed by atoms with Crippen LogP contribution in [-0.2, 0) is 14.3 Å². The van der Waals surface area contributed by atoms with Crippen molar-refractivity contribution in [2.45, 2.75) is 39.7 Å². The van der Waals surface area contributed by atoms with E-state index in [4.69, 9.17) is 9.84 Å². The number of ether oxygens (including phenoxy) is 1. The van der Waals surface area contributed by atoms with E-state index >= 15 is 0 Å². The molecule has 7 heteroatoms. The maximum atomic E-state index is 12.1. The van der Waals surface area contributed by atoms with Gasteiger partial charge in [-0.05, 0) is 39.0 Å². The summed E-state index contributed by atoms with van der Waals surface area (Å²) in [7, 11) is 0. The number of hydrogen-bond acceptors (Lipinski definition) is 5. The molecule has 1 saturated carbocycles. The molecule has 0 amide bonds. The van der Waals surface area contributed by atoms with Gasteiger partial charge in [-0.25, -0.2) is 4.79 Å². The van der Waals surface area contributed by atoms with Crippen molar-refractivity contribution in [3.05, 3.63) is 33.5 Å². The SMILES string of the molecule is CC(CC1C2C=C(C(=O)OC(C)(C)C)C=C([N+](=O)[O-])[C@@H]21)C(=O)O. The van der Waals surface area contributed by atoms with Gasteiger partial charge in [-0.3, -0.25) is 14.9 Å². The van der Waals surface area contributed by atoms with Crippen LogP contribution in [0.25, 0.3) is 0 Å². The average molecular weight is 323 g/mol. The van der Waals surface area contributed by atoms with Crippen molar-refractivity contribution in [3.8, 4) is 0 Å². The molecular formula is C16H21NO6. The predicted molar refractivity (Wildman–Crippen MR) is 80.9 cm³/mol. The molecule has 0 bridgehead atoms. The maximum absolute atomic E-state index is 12.1. The molecule has 4 atom stereocenters. The minimum Gasteiger partial charge on any atom is -0.481 e. The van der Waals surface area contributed by atoms with Crippen molar-refractivity contribution in [2.75, 3.05) is 0 Å². The van der Waals surface area contributed by atoms with Gasteiger partial charge >= 0.3 is 11.9 Å². The first-order valence-electron chi connectivity index (χ1n) is 7.55. The highest BCUT2D eigenvalue weighted by Gasteiger charge is 2.58. The Kier molecular flexibility index (Phi) is 4.32. The Hall–Kier alpha value is -2.18. The predicted octanol–water partition coefficient (Wildman–Crippen LogP) is 2.40. The molecule has 0 radical (unpaired) electrons. The van der Waals surface area contributed by atoms with Crippen LogP contribution in [-0.4, -0.2) is 27.6 Å². The van der Waals surface area contributed by atoms with Crippen molar-refractivity contribution in [2.24, 2.45) is 23.7 Å². The molecule has 1 fully saturated rings. The Morgan fingerprint density at radius 3 is 2.52 bits per heavy atom. The fraction of sp³-hybridized carbons (Fsp3) is 0.625. The minimum atomic E-state index is -0.920. The molecule has 3 unspecified atom stereocenters. The van der Waals surface area contributed by atoms with E-state index < -0.39 is 28.4 Å². The van der Waals surface area contributed by atoms with Crippen LogP contribution in [0.2, 0.25) is 0 Å². The lowest BCUT2D eigenvalue weighted by atomic mass is 10.0. The zero-order valence-corrected chi connectivity index (χ0v) is 13.6. The number of carbonyl (C=O) groups is 2. The molecule has 1 N–H and O–H groups in total. The summed E-state index contributed by atoms with van der Waals surface area (Å²) < 4.78 is 5.26. The van der Waals surface area contributed by atoms with E-state index in [9.17, 15) is 19.7 Å². The first kappa shape index (κ1) is 17.2. The monoisotopic (exact) mass is 323 g/mol. The number of carbonyl (C=O) groups excluding carboxylic acids is 1. The van der Waals surface area contributed by atoms with Crippen molar-refractivity contribution in [1.29, 1.82) is 0 Å². The fourth-order valence-electron chi connectivity index (χ4n) is 3.01. The number of nitrogens with zero attached hydrogens (tertiary/aromatic N) is 1. The van der Waals surface area contributed by atoms with Crippen LogP contribution in [0.1, 0.15) is 34.1 Å². The molecule has 0 aromatic heterocycles. The Bertz CT molecular complexity index is 613. The summed E-state index contributed by atoms with van der Waals surface area (Å²) in [6.45, 7) is 6.76. The van der Waals surface area contributed by atoms with Gasteiger partial charge < -0.3 is 9.84 Å². The molecule has 0 saturated heterocycles. The van der Waals surface area contributed by atoms with Crippen LogP contribution in [0.3, 0.4) is 0 Å². The number of aliphatic carboxylic acids is 1. The highest BCUT2D eigenvalue weighted by Crippen LogP contribution is 2.57. The molecule has 2 aliphatic rings. The summed E-state index contributed by atoms with van der Waals surface area (Å²) in [4.78, 5) is 33.9. The number of esters is 1. The molecular weight excluding hydrogens is 302 g/mol. The van der Waals surface area contributed by atoms with Gasteiger partial charge in [0.05, 0.1) is 22.3 Å². The quantitative estimate of drug-likeness (QED) is 0.473. The smallest absolute Gasteiger partial charge is 0.338 e. The minimum absolute atomic E-state index is 0.0269. The van der Waals surface area contributed by atoms with Crippen LogP contribution < -0.4 is 0 Å². The normalized spacial score (nSPS) is 27.2. The van der Waals surface area contributed by atoms with Crippen molar-refractivity contribution >= 4 is 11.9 Å². The molecule has 0 aromatic carbocycles. The second-order valence-electron chi connectivity index (χ2n) is 7.19. The molecule has 0 spiro atoms. The highest BCUT2D eigenvalue weighted by molar-refractivity contribution is 5.92. The number of rotatable bonds is 5. The topological polar surface area (TPSA) is 107 Å². The molecule has 0 aromatic rings. The average Bonchev–Trinajstić information content (AvgIpc) is 3.08. The number of allylic oxidation sites excluding steroid dienone is 2. The van der Waals surface area contributed by atoms with E-state index in [0.717, 1.165) is 0 Å². The molecule has 0 aliphatic heterocycles. The Balaban J connectivity index is 2.19. The Labute approximate surface area is 134 Å². The number of carboxylic acids is 1. The van der Waals surface area contributed by atoms with Crippen LogP contribution in [0.5, 0.6) is 0 Å². The van der Waals surface area contributed by atoms with Crippen LogP contribution in [0, 0.1) is 33.8 Å². The summed E-state index contributed by atoms with van der Waals surface area (Å²) in [5.74, 6) is -2.67. The Morgan fingerprint density at radius 1 is 1.43 bits per heavy atom. The van der Waals surface area contributed by atoms with Gasteiger partial charge in [-0.1, -0.05) is 13.0 Å². The third-order valence-corrected chi connectivity index (χ3v) is 4.14. The number of hydrogen-bond donors (Lipinski definition) is 1. The lowest BCUT2D eigenvalue weighted by molar-refractivity contribution is -0.431. The number of carboxylic acid groups (broad SMARTS) is 1. The van der Waals surface area contributed by atoms with Gasteiger partial charge in [-0.15, -0.1) is 0 Å². The third kappa shape index (κ3) is 3.78. The van der Waals surface area contributed by atoms with Gasteiger partial charge in [0.2, 0.25) is 0 Å². The van der Waals surface area contributed by atoms with Gasteiger partial charge in [0.15, 0.2) is 0 Å². The van der Waals surface area contributed by atoms with Crippen molar-refractivity contribution < 1.29 is 24.4 Å². The molecule has 0 heterocycles. The molecule has 2 aliphatic carbocycles. The van der Waals surface area contributed by atoms with Gasteiger partial charge in [0, 0.05) is 6.08 Å². The molecule has 23 heavy (non-hydrogen) atoms. The van der Waals surface area contributed by atoms with E-state index in [0.29, 0.717) is 6.42 Å². The first-order chi connectivity index (χ1) is 10.5. The molecule has 2 rings (SSSR count). The van der Waals surface area contributed by atoms with Crippen LogP contribution >= 0.6 is 0 Å². The van der Waals surface area contributed by atoms with Crippen molar-refractivity contribution in [1.82, 2.24) is 0 Å². The lowest BCUT2D eigenvalue weighted by Crippen LogP contribution is -2.25. The number of fused-ring (bicyclic) bond motifs is 1. The van der Waals surface area contributed by atoms with E-state index in [1.54, 1.807) is 33.8 Å². The van der Waals surface area contributed by atoms with Crippen LogP contribution in [0.15, 0.2) is 23.4 Å². The van der Waals surface area contributed by atoms with Gasteiger partial charge in [0.1, 0.15) is 5.60 Å². The largest absolute Gasteiger partial charge is 0.481 e. The maximum Gasteiger partial charge on any atom is 0.338 e. The summed E-state index contributed by atoms with van der Waals surface area (Å²) in [5, 5.41) is 20.2. The lowest BCUT2D eigenvalue weighted by Gasteiger charge is -2.20. The fourth-order valence-corrected chi connectivity index (χ4v) is 3.01. The van der Waals surface area contributed by atoms with Crippen LogP contribution in [0.4, 0.5) is 0 Å².